The molecular weight excluding hydrogens is 408 g/mol. The Labute approximate surface area is 186 Å². The van der Waals surface area contributed by atoms with E-state index in [1.54, 1.807) is 10.9 Å². The molecule has 3 aliphatic rings. The van der Waals surface area contributed by atoms with Crippen molar-refractivity contribution in [3.8, 4) is 5.82 Å². The van der Waals surface area contributed by atoms with Crippen molar-refractivity contribution in [2.75, 3.05) is 42.4 Å². The fourth-order valence-electron chi connectivity index (χ4n) is 5.78. The minimum Gasteiger partial charge on any atom is -0.382 e. The number of methoxy groups -OCH3 is 1. The summed E-state index contributed by atoms with van der Waals surface area (Å²) in [5.41, 5.74) is 8.41. The molecule has 2 bridgehead atoms. The van der Waals surface area contributed by atoms with Crippen LogP contribution >= 0.6 is 0 Å². The van der Waals surface area contributed by atoms with E-state index in [-0.39, 0.29) is 6.04 Å². The number of fused-ring (bicyclic) bond motifs is 3. The van der Waals surface area contributed by atoms with Crippen LogP contribution in [-0.4, -0.2) is 76.1 Å². The van der Waals surface area contributed by atoms with Gasteiger partial charge in [0.2, 0.25) is 0 Å². The number of piperidine rings is 1. The van der Waals surface area contributed by atoms with E-state index >= 15 is 0 Å². The second-order valence-corrected chi connectivity index (χ2v) is 9.18. The number of pyridine rings is 1. The third-order valence-corrected chi connectivity index (χ3v) is 7.31. The largest absolute Gasteiger partial charge is 0.382 e. The molecule has 3 atom stereocenters. The van der Waals surface area contributed by atoms with Crippen molar-refractivity contribution in [2.24, 2.45) is 0 Å². The lowest BCUT2D eigenvalue weighted by Gasteiger charge is -2.41. The quantitative estimate of drug-likeness (QED) is 0.637. The summed E-state index contributed by atoms with van der Waals surface area (Å²) in [6.07, 6.45) is 6.45. The molecule has 10 heteroatoms. The Morgan fingerprint density at radius 1 is 1.25 bits per heavy atom. The minimum atomic E-state index is 0.248. The van der Waals surface area contributed by atoms with Gasteiger partial charge in [-0.05, 0) is 32.6 Å². The summed E-state index contributed by atoms with van der Waals surface area (Å²) in [5, 5.41) is 12.7. The van der Waals surface area contributed by atoms with Crippen LogP contribution in [0.2, 0.25) is 0 Å². The number of nitrogens with two attached hydrogens (primary N) is 1. The smallest absolute Gasteiger partial charge is 0.171 e. The van der Waals surface area contributed by atoms with Gasteiger partial charge in [0.25, 0.3) is 0 Å². The van der Waals surface area contributed by atoms with Crippen molar-refractivity contribution < 1.29 is 9.47 Å². The lowest BCUT2D eigenvalue weighted by Crippen LogP contribution is -2.46. The number of H-pyrrole nitrogens is 1. The maximum absolute atomic E-state index is 6.52. The Hall–Kier alpha value is -2.85. The second-order valence-electron chi connectivity index (χ2n) is 9.18. The van der Waals surface area contributed by atoms with Gasteiger partial charge in [-0.2, -0.15) is 9.78 Å². The third kappa shape index (κ3) is 3.04. The molecule has 3 aliphatic heterocycles. The van der Waals surface area contributed by atoms with Crippen molar-refractivity contribution in [3.63, 3.8) is 0 Å². The van der Waals surface area contributed by atoms with E-state index in [1.807, 2.05) is 13.2 Å². The highest BCUT2D eigenvalue weighted by atomic mass is 16.5. The molecule has 3 aromatic heterocycles. The van der Waals surface area contributed by atoms with Crippen molar-refractivity contribution in [1.29, 1.82) is 0 Å². The molecule has 32 heavy (non-hydrogen) atoms. The first-order valence-electron chi connectivity index (χ1n) is 11.5. The molecule has 0 aromatic carbocycles. The molecule has 2 unspecified atom stereocenters. The summed E-state index contributed by atoms with van der Waals surface area (Å²) in [7, 11) is 1.83. The van der Waals surface area contributed by atoms with Gasteiger partial charge < -0.3 is 25.0 Å². The van der Waals surface area contributed by atoms with Crippen molar-refractivity contribution in [3.05, 3.63) is 18.3 Å². The van der Waals surface area contributed by atoms with Crippen LogP contribution in [-0.2, 0) is 9.47 Å². The van der Waals surface area contributed by atoms with Gasteiger partial charge in [-0.1, -0.05) is 0 Å². The molecule has 10 nitrogen and oxygen atoms in total. The van der Waals surface area contributed by atoms with E-state index in [2.05, 4.69) is 38.1 Å². The molecule has 3 N–H and O–H groups in total. The van der Waals surface area contributed by atoms with E-state index < -0.39 is 0 Å². The van der Waals surface area contributed by atoms with E-state index in [0.717, 1.165) is 47.7 Å². The van der Waals surface area contributed by atoms with Crippen LogP contribution in [0.3, 0.4) is 0 Å². The fraction of sp³-hybridized carbons (Fsp3) is 0.591. The van der Waals surface area contributed by atoms with Crippen LogP contribution in [0.4, 0.5) is 17.3 Å². The first kappa shape index (κ1) is 19.8. The summed E-state index contributed by atoms with van der Waals surface area (Å²) in [6, 6.07) is 5.23. The van der Waals surface area contributed by atoms with Gasteiger partial charge in [-0.3, -0.25) is 5.10 Å². The second kappa shape index (κ2) is 7.63. The number of ether oxygens (including phenoxy) is 2. The molecule has 6 heterocycles. The molecule has 3 saturated heterocycles. The van der Waals surface area contributed by atoms with Gasteiger partial charge >= 0.3 is 0 Å². The highest BCUT2D eigenvalue weighted by Gasteiger charge is 2.42. The number of aromatic amines is 1. The summed E-state index contributed by atoms with van der Waals surface area (Å²) in [6.45, 7) is 4.39. The van der Waals surface area contributed by atoms with Crippen LogP contribution < -0.4 is 15.5 Å². The molecule has 6 rings (SSSR count). The first-order chi connectivity index (χ1) is 15.6. The molecule has 0 spiro atoms. The zero-order valence-corrected chi connectivity index (χ0v) is 18.6. The maximum Gasteiger partial charge on any atom is 0.171 e. The Balaban J connectivity index is 1.54. The van der Waals surface area contributed by atoms with E-state index in [4.69, 9.17) is 20.2 Å². The van der Waals surface area contributed by atoms with Crippen molar-refractivity contribution in [2.45, 2.75) is 56.8 Å². The van der Waals surface area contributed by atoms with Crippen LogP contribution in [0.15, 0.2) is 18.3 Å². The Bertz CT molecular complexity index is 1100. The topological polar surface area (TPSA) is 110 Å². The highest BCUT2D eigenvalue weighted by molar-refractivity contribution is 6.00. The average Bonchev–Trinajstić information content (AvgIpc) is 3.51. The normalized spacial score (nSPS) is 28.1. The summed E-state index contributed by atoms with van der Waals surface area (Å²) >= 11 is 0. The predicted octanol–water partition coefficient (Wildman–Crippen LogP) is 2.10. The number of nitrogens with one attached hydrogen (secondary N) is 1. The standard InChI is InChI=1S/C22H30N8O2/c1-13-12-32-8-7-28(13)19-11-17(29-14-3-4-15(29)10-16(9-14)31-2)20-21(23)27-30(22(20)25-19)18-5-6-24-26-18/h5-6,11,13-16H,3-4,7-10,12H2,1-2H3,(H2,23,27)(H,24,26)/t13-,14?,15?,16?/m1/s1. The number of nitrogen functional groups attached to an aromatic ring is 1. The van der Waals surface area contributed by atoms with Gasteiger partial charge in [0.1, 0.15) is 5.82 Å². The van der Waals surface area contributed by atoms with Gasteiger partial charge in [-0.15, -0.1) is 5.10 Å². The molecule has 0 saturated carbocycles. The van der Waals surface area contributed by atoms with Crippen LogP contribution in [0.25, 0.3) is 16.9 Å². The first-order valence-corrected chi connectivity index (χ1v) is 11.5. The van der Waals surface area contributed by atoms with Crippen molar-refractivity contribution >= 4 is 28.4 Å². The molecule has 170 valence electrons. The summed E-state index contributed by atoms with van der Waals surface area (Å²) in [5.74, 6) is 2.18. The molecule has 0 radical (unpaired) electrons. The lowest BCUT2D eigenvalue weighted by molar-refractivity contribution is 0.0684. The summed E-state index contributed by atoms with van der Waals surface area (Å²) < 4.78 is 13.2. The monoisotopic (exact) mass is 438 g/mol. The van der Waals surface area contributed by atoms with E-state index in [9.17, 15) is 0 Å². The Morgan fingerprint density at radius 2 is 2.06 bits per heavy atom. The Kier molecular flexibility index (Phi) is 4.72. The van der Waals surface area contributed by atoms with E-state index in [0.29, 0.717) is 37.2 Å². The zero-order valence-electron chi connectivity index (χ0n) is 18.6. The summed E-state index contributed by atoms with van der Waals surface area (Å²) in [4.78, 5) is 9.98. The number of nitrogens with zero attached hydrogens (tertiary/aromatic N) is 6. The highest BCUT2D eigenvalue weighted by Crippen LogP contribution is 2.45. The average molecular weight is 439 g/mol. The van der Waals surface area contributed by atoms with Crippen LogP contribution in [0, 0.1) is 0 Å². The Morgan fingerprint density at radius 3 is 2.75 bits per heavy atom. The number of anilines is 3. The number of rotatable bonds is 4. The molecule has 0 amide bonds. The maximum atomic E-state index is 6.52. The van der Waals surface area contributed by atoms with E-state index in [1.165, 1.54) is 12.8 Å². The minimum absolute atomic E-state index is 0.248. The van der Waals surface area contributed by atoms with Gasteiger partial charge in [0.15, 0.2) is 17.3 Å². The predicted molar refractivity (Wildman–Crippen MR) is 122 cm³/mol. The van der Waals surface area contributed by atoms with Crippen LogP contribution in [0.1, 0.15) is 32.6 Å². The number of hydrogen-bond acceptors (Lipinski definition) is 8. The van der Waals surface area contributed by atoms with Crippen molar-refractivity contribution in [1.82, 2.24) is 25.0 Å². The zero-order chi connectivity index (χ0) is 21.8. The SMILES string of the molecule is COC1CC2CCC(C1)N2c1cc(N2CCOC[C@H]2C)nc2c1c(N)nn2-c1ccn[nH]1. The molecule has 3 aromatic rings. The molecule has 0 aliphatic carbocycles. The fourth-order valence-corrected chi connectivity index (χ4v) is 5.78. The number of hydrogen-bond donors (Lipinski definition) is 2. The van der Waals surface area contributed by atoms with Gasteiger partial charge in [-0.25, -0.2) is 4.98 Å². The number of morpholine rings is 1. The lowest BCUT2D eigenvalue weighted by atomic mass is 9.98. The number of aromatic nitrogens is 5. The molecular formula is C22H30N8O2. The molecule has 3 fully saturated rings. The van der Waals surface area contributed by atoms with Gasteiger partial charge in [0, 0.05) is 37.9 Å². The third-order valence-electron chi connectivity index (χ3n) is 7.31. The van der Waals surface area contributed by atoms with Gasteiger partial charge in [0.05, 0.1) is 42.6 Å². The van der Waals surface area contributed by atoms with Crippen LogP contribution in [0.5, 0.6) is 0 Å².